The van der Waals surface area contributed by atoms with Gasteiger partial charge < -0.3 is 20.2 Å². The SMILES string of the molecule is CCCCNC1C(C=C2Sc3ccccc3N2CC)=C(O)C1C=C1Sc2ccccc2N1CC. The molecule has 4 nitrogen and oxygen atoms in total. The fraction of sp³-hybridized carbons (Fsp3) is 0.357. The van der Waals surface area contributed by atoms with Crippen LogP contribution in [0.2, 0.25) is 0 Å². The summed E-state index contributed by atoms with van der Waals surface area (Å²) in [5.41, 5.74) is 3.55. The molecule has 34 heavy (non-hydrogen) atoms. The number of benzene rings is 2. The Morgan fingerprint density at radius 3 is 2.09 bits per heavy atom. The first kappa shape index (κ1) is 23.5. The van der Waals surface area contributed by atoms with Gasteiger partial charge in [-0.15, -0.1) is 0 Å². The van der Waals surface area contributed by atoms with E-state index in [2.05, 4.69) is 96.6 Å². The lowest BCUT2D eigenvalue weighted by molar-refractivity contribution is 0.269. The molecule has 0 radical (unpaired) electrons. The van der Waals surface area contributed by atoms with Crippen LogP contribution in [0.15, 0.2) is 91.9 Å². The molecule has 0 aromatic heterocycles. The second kappa shape index (κ2) is 10.1. The molecule has 2 aromatic carbocycles. The van der Waals surface area contributed by atoms with Gasteiger partial charge in [-0.05, 0) is 63.2 Å². The van der Waals surface area contributed by atoms with E-state index in [4.69, 9.17) is 0 Å². The monoisotopic (exact) mass is 491 g/mol. The molecular weight excluding hydrogens is 458 g/mol. The first-order chi connectivity index (χ1) is 16.7. The lowest BCUT2D eigenvalue weighted by Crippen LogP contribution is -2.46. The maximum atomic E-state index is 11.3. The molecule has 0 amide bonds. The number of hydrogen-bond donors (Lipinski definition) is 2. The van der Waals surface area contributed by atoms with Crippen molar-refractivity contribution in [2.75, 3.05) is 29.4 Å². The topological polar surface area (TPSA) is 38.7 Å². The van der Waals surface area contributed by atoms with E-state index in [-0.39, 0.29) is 12.0 Å². The van der Waals surface area contributed by atoms with Crippen molar-refractivity contribution in [3.8, 4) is 0 Å². The molecule has 6 heteroatoms. The van der Waals surface area contributed by atoms with Crippen molar-refractivity contribution in [1.29, 1.82) is 0 Å². The highest BCUT2D eigenvalue weighted by Gasteiger charge is 2.40. The van der Waals surface area contributed by atoms with Crippen LogP contribution in [0.3, 0.4) is 0 Å². The number of aliphatic hydroxyl groups excluding tert-OH is 1. The van der Waals surface area contributed by atoms with E-state index in [1.54, 1.807) is 23.5 Å². The zero-order valence-corrected chi connectivity index (χ0v) is 21.8. The molecule has 0 fully saturated rings. The predicted molar refractivity (Wildman–Crippen MR) is 147 cm³/mol. The zero-order chi connectivity index (χ0) is 23.7. The number of thioether (sulfide) groups is 2. The molecule has 0 bridgehead atoms. The van der Waals surface area contributed by atoms with Gasteiger partial charge in [0.25, 0.3) is 0 Å². The van der Waals surface area contributed by atoms with Gasteiger partial charge in [-0.3, -0.25) is 0 Å². The molecule has 2 unspecified atom stereocenters. The lowest BCUT2D eigenvalue weighted by atomic mass is 9.78. The van der Waals surface area contributed by atoms with Crippen LogP contribution in [0.25, 0.3) is 0 Å². The molecule has 1 aliphatic carbocycles. The normalized spacial score (nSPS) is 23.6. The Kier molecular flexibility index (Phi) is 7.00. The maximum Gasteiger partial charge on any atom is 0.106 e. The van der Waals surface area contributed by atoms with Gasteiger partial charge in [-0.2, -0.15) is 0 Å². The van der Waals surface area contributed by atoms with Gasteiger partial charge in [-0.1, -0.05) is 61.1 Å². The van der Waals surface area contributed by atoms with Crippen molar-refractivity contribution in [2.24, 2.45) is 5.92 Å². The second-order valence-corrected chi connectivity index (χ2v) is 10.9. The van der Waals surface area contributed by atoms with Crippen LogP contribution in [0.4, 0.5) is 11.4 Å². The number of nitrogens with zero attached hydrogens (tertiary/aromatic N) is 2. The average molecular weight is 492 g/mol. The molecule has 5 rings (SSSR count). The van der Waals surface area contributed by atoms with Crippen LogP contribution < -0.4 is 15.1 Å². The molecule has 0 spiro atoms. The Balaban J connectivity index is 1.45. The van der Waals surface area contributed by atoms with Crippen LogP contribution in [-0.4, -0.2) is 30.8 Å². The third-order valence-electron chi connectivity index (χ3n) is 6.71. The smallest absolute Gasteiger partial charge is 0.106 e. The Morgan fingerprint density at radius 1 is 0.882 bits per heavy atom. The molecular formula is C28H33N3OS2. The molecule has 2 aromatic rings. The van der Waals surface area contributed by atoms with E-state index in [0.29, 0.717) is 5.76 Å². The first-order valence-corrected chi connectivity index (χ1v) is 14.0. The average Bonchev–Trinajstić information content (AvgIpc) is 3.41. The predicted octanol–water partition coefficient (Wildman–Crippen LogP) is 7.13. The van der Waals surface area contributed by atoms with Crippen LogP contribution in [-0.2, 0) is 0 Å². The minimum Gasteiger partial charge on any atom is -0.511 e. The van der Waals surface area contributed by atoms with E-state index in [1.165, 1.54) is 31.2 Å². The van der Waals surface area contributed by atoms with E-state index in [9.17, 15) is 5.11 Å². The summed E-state index contributed by atoms with van der Waals surface area (Å²) in [5, 5.41) is 17.4. The molecule has 2 aliphatic heterocycles. The van der Waals surface area contributed by atoms with Gasteiger partial charge in [0.05, 0.1) is 27.4 Å². The van der Waals surface area contributed by atoms with Crippen molar-refractivity contribution in [2.45, 2.75) is 49.4 Å². The van der Waals surface area contributed by atoms with E-state index < -0.39 is 0 Å². The molecule has 0 saturated heterocycles. The number of unbranched alkanes of at least 4 members (excludes halogenated alkanes) is 1. The summed E-state index contributed by atoms with van der Waals surface area (Å²) in [5.74, 6) is 0.479. The third-order valence-corrected chi connectivity index (χ3v) is 8.95. The number of rotatable bonds is 8. The van der Waals surface area contributed by atoms with Gasteiger partial charge in [-0.25, -0.2) is 0 Å². The van der Waals surface area contributed by atoms with Crippen LogP contribution in [0.1, 0.15) is 33.6 Å². The summed E-state index contributed by atoms with van der Waals surface area (Å²) in [6.45, 7) is 9.37. The summed E-state index contributed by atoms with van der Waals surface area (Å²) in [4.78, 5) is 7.27. The Bertz CT molecular complexity index is 1160. The van der Waals surface area contributed by atoms with E-state index in [1.807, 2.05) is 0 Å². The Labute approximate surface area is 211 Å². The zero-order valence-electron chi connectivity index (χ0n) is 20.1. The molecule has 2 atom stereocenters. The molecule has 2 N–H and O–H groups in total. The third kappa shape index (κ3) is 4.16. The first-order valence-electron chi connectivity index (χ1n) is 12.3. The minimum absolute atomic E-state index is 0.0153. The summed E-state index contributed by atoms with van der Waals surface area (Å²) in [6.07, 6.45) is 6.76. The number of fused-ring (bicyclic) bond motifs is 2. The van der Waals surface area contributed by atoms with E-state index in [0.717, 1.165) is 38.0 Å². The van der Waals surface area contributed by atoms with Gasteiger partial charge in [0, 0.05) is 34.5 Å². The summed E-state index contributed by atoms with van der Waals surface area (Å²) < 4.78 is 0. The molecule has 3 aliphatic rings. The number of nitrogens with one attached hydrogen (secondary N) is 1. The highest BCUT2D eigenvalue weighted by Crippen LogP contribution is 2.50. The highest BCUT2D eigenvalue weighted by molar-refractivity contribution is 8.04. The largest absolute Gasteiger partial charge is 0.511 e. The van der Waals surface area contributed by atoms with Crippen molar-refractivity contribution < 1.29 is 5.11 Å². The Hall–Kier alpha value is -2.28. The second-order valence-electron chi connectivity index (χ2n) is 8.77. The summed E-state index contributed by atoms with van der Waals surface area (Å²) in [7, 11) is 0. The number of anilines is 2. The number of hydrogen-bond acceptors (Lipinski definition) is 6. The maximum absolute atomic E-state index is 11.3. The lowest BCUT2D eigenvalue weighted by Gasteiger charge is -2.38. The molecule has 0 saturated carbocycles. The van der Waals surface area contributed by atoms with Gasteiger partial charge in [0.1, 0.15) is 5.76 Å². The van der Waals surface area contributed by atoms with Gasteiger partial charge in [0.2, 0.25) is 0 Å². The fourth-order valence-corrected chi connectivity index (χ4v) is 7.28. The Morgan fingerprint density at radius 2 is 1.47 bits per heavy atom. The van der Waals surface area contributed by atoms with Crippen LogP contribution >= 0.6 is 23.5 Å². The standard InChI is InChI=1S/C28H33N3OS2/c1-4-7-16-29-27-19(17-25-30(5-2)21-12-8-10-14-23(21)33-25)28(32)20(27)18-26-31(6-3)22-13-9-11-15-24(22)34-26/h8-15,17-19,27,29,32H,4-7,16H2,1-3H3. The van der Waals surface area contributed by atoms with Crippen molar-refractivity contribution in [3.63, 3.8) is 0 Å². The van der Waals surface area contributed by atoms with Gasteiger partial charge in [0.15, 0.2) is 0 Å². The molecule has 2 heterocycles. The fourth-order valence-electron chi connectivity index (χ4n) is 4.89. The number of para-hydroxylation sites is 2. The quantitative estimate of drug-likeness (QED) is 0.383. The van der Waals surface area contributed by atoms with Crippen molar-refractivity contribution >= 4 is 34.9 Å². The summed E-state index contributed by atoms with van der Waals surface area (Å²) >= 11 is 3.60. The summed E-state index contributed by atoms with van der Waals surface area (Å²) in [6, 6.07) is 17.2. The van der Waals surface area contributed by atoms with Crippen LogP contribution in [0, 0.1) is 5.92 Å². The number of aliphatic hydroxyl groups is 1. The minimum atomic E-state index is -0.0153. The highest BCUT2D eigenvalue weighted by atomic mass is 32.2. The van der Waals surface area contributed by atoms with Crippen molar-refractivity contribution in [1.82, 2.24) is 5.32 Å². The van der Waals surface area contributed by atoms with E-state index >= 15 is 0 Å². The van der Waals surface area contributed by atoms with Crippen LogP contribution in [0.5, 0.6) is 0 Å². The van der Waals surface area contributed by atoms with Crippen molar-refractivity contribution in [3.05, 3.63) is 82.1 Å². The molecule has 178 valence electrons. The van der Waals surface area contributed by atoms with Gasteiger partial charge >= 0.3 is 0 Å².